The molecule has 6 rings (SSSR count). The quantitative estimate of drug-likeness (QED) is 0.248. The Balaban J connectivity index is 1.41. The minimum absolute atomic E-state index is 0.230. The van der Waals surface area contributed by atoms with Gasteiger partial charge in [0.15, 0.2) is 0 Å². The van der Waals surface area contributed by atoms with Crippen molar-refractivity contribution in [1.82, 2.24) is 20.0 Å². The van der Waals surface area contributed by atoms with Gasteiger partial charge >= 0.3 is 0 Å². The van der Waals surface area contributed by atoms with Crippen LogP contribution in [0.4, 0.5) is 24.5 Å². The number of alkyl halides is 2. The summed E-state index contributed by atoms with van der Waals surface area (Å²) in [5, 5.41) is 25.4. The van der Waals surface area contributed by atoms with E-state index in [4.69, 9.17) is 11.6 Å². The largest absolute Gasteiger partial charge is 0.383 e. The first-order valence-corrected chi connectivity index (χ1v) is 13.0. The van der Waals surface area contributed by atoms with Gasteiger partial charge in [0.25, 0.3) is 0 Å². The topological polar surface area (TPSA) is 91.5 Å². The predicted octanol–water partition coefficient (Wildman–Crippen LogP) is 6.87. The minimum Gasteiger partial charge on any atom is -0.383 e. The Hall–Kier alpha value is -3.84. The van der Waals surface area contributed by atoms with E-state index in [1.807, 2.05) is 0 Å². The Morgan fingerprint density at radius 2 is 2.00 bits per heavy atom. The molecule has 2 aliphatic carbocycles. The van der Waals surface area contributed by atoms with Gasteiger partial charge in [-0.15, -0.1) is 5.10 Å². The third-order valence-corrected chi connectivity index (χ3v) is 7.49. The van der Waals surface area contributed by atoms with Crippen molar-refractivity contribution in [1.29, 1.82) is 5.26 Å². The summed E-state index contributed by atoms with van der Waals surface area (Å²) in [6, 6.07) is 9.55. The van der Waals surface area contributed by atoms with Gasteiger partial charge in [0.1, 0.15) is 17.6 Å². The molecule has 39 heavy (non-hydrogen) atoms. The number of hydrogen-bond acceptors (Lipinski definition) is 6. The van der Waals surface area contributed by atoms with E-state index in [9.17, 15) is 19.8 Å². The number of nitrogens with zero attached hydrogens (tertiary/aromatic N) is 5. The van der Waals surface area contributed by atoms with E-state index < -0.39 is 23.2 Å². The van der Waals surface area contributed by atoms with Crippen molar-refractivity contribution in [2.75, 3.05) is 17.2 Å². The van der Waals surface area contributed by atoms with Crippen LogP contribution in [0.1, 0.15) is 62.9 Å². The fourth-order valence-electron chi connectivity index (χ4n) is 5.18. The molecule has 2 fully saturated rings. The van der Waals surface area contributed by atoms with Crippen molar-refractivity contribution in [3.05, 3.63) is 76.5 Å². The highest BCUT2D eigenvalue weighted by Crippen LogP contribution is 2.52. The maximum absolute atomic E-state index is 13.8. The highest BCUT2D eigenvalue weighted by molar-refractivity contribution is 6.35. The molecule has 11 heteroatoms. The van der Waals surface area contributed by atoms with Crippen LogP contribution in [-0.4, -0.2) is 32.4 Å². The lowest BCUT2D eigenvalue weighted by molar-refractivity contribution is -0.148. The molecule has 2 heterocycles. The summed E-state index contributed by atoms with van der Waals surface area (Å²) in [6.45, 7) is 2.01. The smallest absolute Gasteiger partial charge is 0.249 e. The van der Waals surface area contributed by atoms with Crippen LogP contribution in [0.5, 0.6) is 0 Å². The molecule has 2 aromatic heterocycles. The normalized spacial score (nSPS) is 19.4. The molecule has 0 amide bonds. The zero-order valence-electron chi connectivity index (χ0n) is 22.0. The maximum Gasteiger partial charge on any atom is 0.249 e. The van der Waals surface area contributed by atoms with Crippen LogP contribution in [0.2, 0.25) is 5.02 Å². The predicted molar refractivity (Wildman–Crippen MR) is 142 cm³/mol. The van der Waals surface area contributed by atoms with Crippen LogP contribution < -0.4 is 10.6 Å². The van der Waals surface area contributed by atoms with Crippen molar-refractivity contribution in [2.45, 2.75) is 50.6 Å². The summed E-state index contributed by atoms with van der Waals surface area (Å²) in [5.41, 5.74) is 1.59. The van der Waals surface area contributed by atoms with Crippen molar-refractivity contribution < 1.29 is 14.5 Å². The molecular formula is C28H25ClF3N7. The highest BCUT2D eigenvalue weighted by Gasteiger charge is 2.53. The lowest BCUT2D eigenvalue weighted by Gasteiger charge is -2.45. The first-order chi connectivity index (χ1) is 19.0. The van der Waals surface area contributed by atoms with Crippen LogP contribution >= 0.6 is 11.6 Å². The van der Waals surface area contributed by atoms with Gasteiger partial charge < -0.3 is 10.6 Å². The lowest BCUT2D eigenvalue weighted by atomic mass is 9.67. The average molecular weight is 553 g/mol. The van der Waals surface area contributed by atoms with Crippen molar-refractivity contribution in [3.8, 4) is 6.07 Å². The van der Waals surface area contributed by atoms with Gasteiger partial charge in [-0.3, -0.25) is 4.98 Å². The van der Waals surface area contributed by atoms with Gasteiger partial charge in [0.2, 0.25) is 5.92 Å². The Morgan fingerprint density at radius 3 is 2.67 bits per heavy atom. The highest BCUT2D eigenvalue weighted by atomic mass is 35.5. The number of anilines is 2. The van der Waals surface area contributed by atoms with Gasteiger partial charge in [0.05, 0.1) is 41.4 Å². The van der Waals surface area contributed by atoms with Gasteiger partial charge in [-0.2, -0.15) is 5.26 Å². The number of rotatable bonds is 8. The van der Waals surface area contributed by atoms with Crippen LogP contribution in [0.15, 0.2) is 48.8 Å². The second kappa shape index (κ2) is 9.42. The first kappa shape index (κ1) is 24.2. The summed E-state index contributed by atoms with van der Waals surface area (Å²) in [5.74, 6) is -3.13. The summed E-state index contributed by atoms with van der Waals surface area (Å²) < 4.78 is 52.2. The molecule has 2 aliphatic rings. The Morgan fingerprint density at radius 1 is 1.26 bits per heavy atom. The average Bonchev–Trinajstić information content (AvgIpc) is 3.62. The SMILES string of the molecule is [2H]C(Nc1cc(Cl)c2ncc(C#N)c(NCC3(C)CC(F)(F)C3)c2c1)(c1ccc(F)cc1)c1cn(C2CC2)nn1. The number of hydrogen-bond donors (Lipinski definition) is 2. The molecular weight excluding hydrogens is 527 g/mol. The van der Waals surface area contributed by atoms with Gasteiger partial charge in [-0.25, -0.2) is 17.9 Å². The Labute approximate surface area is 229 Å². The van der Waals surface area contributed by atoms with Gasteiger partial charge in [-0.1, -0.05) is 35.9 Å². The summed E-state index contributed by atoms with van der Waals surface area (Å²) in [7, 11) is 0. The van der Waals surface area contributed by atoms with Gasteiger partial charge in [0, 0.05) is 36.7 Å². The van der Waals surface area contributed by atoms with E-state index in [-0.39, 0.29) is 36.0 Å². The molecule has 0 radical (unpaired) electrons. The molecule has 2 saturated carbocycles. The van der Waals surface area contributed by atoms with Crippen molar-refractivity contribution >= 4 is 33.9 Å². The van der Waals surface area contributed by atoms with E-state index in [2.05, 4.69) is 32.0 Å². The number of nitrogens with one attached hydrogen (secondary N) is 2. The number of halogens is 4. The fraction of sp³-hybridized carbons (Fsp3) is 0.357. The second-order valence-corrected chi connectivity index (χ2v) is 11.1. The molecule has 2 aromatic carbocycles. The third kappa shape index (κ3) is 5.11. The third-order valence-electron chi connectivity index (χ3n) is 7.20. The van der Waals surface area contributed by atoms with Crippen molar-refractivity contribution in [3.63, 3.8) is 0 Å². The summed E-state index contributed by atoms with van der Waals surface area (Å²) in [4.78, 5) is 4.35. The van der Waals surface area contributed by atoms with E-state index >= 15 is 0 Å². The Bertz CT molecular complexity index is 1640. The monoisotopic (exact) mass is 552 g/mol. The molecule has 2 N–H and O–H groups in total. The second-order valence-electron chi connectivity index (χ2n) is 10.7. The van der Waals surface area contributed by atoms with E-state index in [0.717, 1.165) is 12.8 Å². The molecule has 4 aromatic rings. The number of pyridine rings is 1. The zero-order chi connectivity index (χ0) is 28.3. The lowest BCUT2D eigenvalue weighted by Crippen LogP contribution is -2.47. The van der Waals surface area contributed by atoms with E-state index in [1.54, 1.807) is 29.9 Å². The molecule has 1 atom stereocenters. The van der Waals surface area contributed by atoms with Crippen LogP contribution in [-0.2, 0) is 0 Å². The van der Waals surface area contributed by atoms with E-state index in [0.29, 0.717) is 33.5 Å². The molecule has 0 saturated heterocycles. The standard InChI is InChI=1S/C28H25ClF3N7/c1-27(13-28(31,32)14-27)15-35-24-17(10-33)11-34-26-21(24)8-19(9-22(26)29)36-25(16-2-4-18(30)5-3-16)23-12-39(38-37-23)20-6-7-20/h2-5,8-9,11-12,20,25,36H,6-7,13-15H2,1H3,(H,34,35)/i25D. The zero-order valence-corrected chi connectivity index (χ0v) is 21.7. The van der Waals surface area contributed by atoms with Crippen LogP contribution in [0.3, 0.4) is 0 Å². The number of nitriles is 1. The summed E-state index contributed by atoms with van der Waals surface area (Å²) >= 11 is 6.64. The van der Waals surface area contributed by atoms with Crippen LogP contribution in [0, 0.1) is 22.6 Å². The molecule has 0 spiro atoms. The maximum atomic E-state index is 13.8. The van der Waals surface area contributed by atoms with E-state index in [1.165, 1.54) is 30.5 Å². The number of fused-ring (bicyclic) bond motifs is 1. The number of benzene rings is 2. The molecule has 0 aliphatic heterocycles. The van der Waals surface area contributed by atoms with Crippen LogP contribution in [0.25, 0.3) is 10.9 Å². The Kier molecular flexibility index (Phi) is 5.85. The molecule has 1 unspecified atom stereocenters. The molecule has 7 nitrogen and oxygen atoms in total. The summed E-state index contributed by atoms with van der Waals surface area (Å²) in [6.07, 6.45) is 4.58. The molecule has 200 valence electrons. The number of aromatic nitrogens is 4. The van der Waals surface area contributed by atoms with Crippen molar-refractivity contribution in [2.24, 2.45) is 5.41 Å². The van der Waals surface area contributed by atoms with Gasteiger partial charge in [-0.05, 0) is 48.1 Å². The molecule has 0 bridgehead atoms. The first-order valence-electron chi connectivity index (χ1n) is 13.1. The minimum atomic E-state index is -2.69. The fourth-order valence-corrected chi connectivity index (χ4v) is 5.45.